The number of nitrogens with zero attached hydrogens (tertiary/aromatic N) is 1. The minimum atomic E-state index is -0.492. The molecule has 0 spiro atoms. The van der Waals surface area contributed by atoms with Crippen LogP contribution in [0.4, 0.5) is 0 Å². The summed E-state index contributed by atoms with van der Waals surface area (Å²) in [4.78, 5) is 13.8. The molecule has 0 atom stereocenters. The number of piperidine rings is 1. The number of rotatable bonds is 5. The summed E-state index contributed by atoms with van der Waals surface area (Å²) in [6.45, 7) is 6.87. The van der Waals surface area contributed by atoms with Gasteiger partial charge in [0.15, 0.2) is 0 Å². The SMILES string of the molecule is CC[N+]1(C/C2=C/CCCCCC2)CCC(NC(=O)C2c3cc(Cl)ccc3Oc3ccc(Cl)cc32)CC1.[I-]. The highest BCUT2D eigenvalue weighted by Gasteiger charge is 2.37. The fourth-order valence-corrected chi connectivity index (χ4v) is 6.57. The number of hydrogen-bond donors (Lipinski definition) is 1. The number of hydrogen-bond acceptors (Lipinski definition) is 2. The highest BCUT2D eigenvalue weighted by Crippen LogP contribution is 2.46. The number of quaternary nitrogens is 1. The maximum absolute atomic E-state index is 13.8. The summed E-state index contributed by atoms with van der Waals surface area (Å²) in [5.74, 6) is 0.849. The molecule has 0 aromatic heterocycles. The molecular formula is C30H37Cl2IN2O2. The lowest BCUT2D eigenvalue weighted by atomic mass is 9.86. The molecule has 5 rings (SSSR count). The van der Waals surface area contributed by atoms with Crippen molar-refractivity contribution in [2.45, 2.75) is 70.3 Å². The number of likely N-dealkylation sites (tertiary alicyclic amines) is 1. The van der Waals surface area contributed by atoms with Gasteiger partial charge in [-0.05, 0) is 74.6 Å². The van der Waals surface area contributed by atoms with E-state index in [9.17, 15) is 4.79 Å². The minimum absolute atomic E-state index is 0. The number of fused-ring (bicyclic) bond motifs is 2. The molecule has 200 valence electrons. The predicted octanol–water partition coefficient (Wildman–Crippen LogP) is 4.63. The van der Waals surface area contributed by atoms with E-state index >= 15 is 0 Å². The number of carbonyl (C=O) groups is 1. The van der Waals surface area contributed by atoms with Crippen LogP contribution < -0.4 is 34.0 Å². The van der Waals surface area contributed by atoms with Crippen LogP contribution in [0.1, 0.15) is 75.3 Å². The molecule has 2 heterocycles. The number of amides is 1. The van der Waals surface area contributed by atoms with E-state index in [1.807, 2.05) is 24.3 Å². The average molecular weight is 655 g/mol. The average Bonchev–Trinajstić information content (AvgIpc) is 2.85. The van der Waals surface area contributed by atoms with Gasteiger partial charge in [-0.3, -0.25) is 4.79 Å². The summed E-state index contributed by atoms with van der Waals surface area (Å²) in [5, 5.41) is 4.57. The Morgan fingerprint density at radius 3 is 2.22 bits per heavy atom. The molecular weight excluding hydrogens is 618 g/mol. The molecule has 1 N–H and O–H groups in total. The third-order valence-electron chi connectivity index (χ3n) is 8.39. The third kappa shape index (κ3) is 6.66. The summed E-state index contributed by atoms with van der Waals surface area (Å²) in [6, 6.07) is 11.1. The number of benzene rings is 2. The van der Waals surface area contributed by atoms with Crippen LogP contribution in [-0.2, 0) is 4.79 Å². The maximum atomic E-state index is 13.8. The lowest BCUT2D eigenvalue weighted by Gasteiger charge is -2.44. The van der Waals surface area contributed by atoms with Gasteiger partial charge in [0.1, 0.15) is 18.0 Å². The van der Waals surface area contributed by atoms with E-state index in [1.54, 1.807) is 17.7 Å². The molecule has 4 nitrogen and oxygen atoms in total. The first-order valence-electron chi connectivity index (χ1n) is 13.6. The van der Waals surface area contributed by atoms with E-state index in [0.717, 1.165) is 48.1 Å². The first kappa shape index (κ1) is 28.7. The summed E-state index contributed by atoms with van der Waals surface area (Å²) >= 11 is 12.6. The van der Waals surface area contributed by atoms with Crippen LogP contribution in [0.3, 0.4) is 0 Å². The zero-order valence-corrected chi connectivity index (χ0v) is 25.2. The Bertz CT molecular complexity index is 1090. The van der Waals surface area contributed by atoms with Crippen LogP contribution in [0.5, 0.6) is 11.5 Å². The van der Waals surface area contributed by atoms with E-state index in [1.165, 1.54) is 45.1 Å². The fraction of sp³-hybridized carbons (Fsp3) is 0.500. The van der Waals surface area contributed by atoms with Crippen molar-refractivity contribution in [3.05, 3.63) is 69.2 Å². The van der Waals surface area contributed by atoms with Crippen molar-refractivity contribution in [1.82, 2.24) is 5.32 Å². The Hall–Kier alpha value is -1.28. The number of ether oxygens (including phenoxy) is 1. The fourth-order valence-electron chi connectivity index (χ4n) is 6.21. The Balaban J connectivity index is 0.00000320. The van der Waals surface area contributed by atoms with Crippen molar-refractivity contribution in [2.75, 3.05) is 26.2 Å². The molecule has 0 radical (unpaired) electrons. The predicted molar refractivity (Wildman–Crippen MR) is 147 cm³/mol. The van der Waals surface area contributed by atoms with Gasteiger partial charge in [-0.1, -0.05) is 42.1 Å². The lowest BCUT2D eigenvalue weighted by Crippen LogP contribution is -3.00. The maximum Gasteiger partial charge on any atom is 0.232 e. The van der Waals surface area contributed by atoms with Crippen molar-refractivity contribution in [2.24, 2.45) is 0 Å². The standard InChI is InChI=1S/C30H36Cl2N2O2.HI/c1-2-34(20-21-8-6-4-3-5-7-9-21)16-14-24(15-17-34)33-30(35)29-25-18-22(31)10-12-27(25)36-28-13-11-23(32)19-26(28)29;/h8,10-13,18-19,24,29H,2-7,9,14-17,20H2,1H3;1H/b21-8+;. The molecule has 0 unspecified atom stereocenters. The molecule has 1 fully saturated rings. The number of allylic oxidation sites excluding steroid dienone is 1. The smallest absolute Gasteiger partial charge is 0.232 e. The monoisotopic (exact) mass is 654 g/mol. The molecule has 1 saturated heterocycles. The molecule has 2 aromatic carbocycles. The Morgan fingerprint density at radius 1 is 0.973 bits per heavy atom. The van der Waals surface area contributed by atoms with E-state index in [-0.39, 0.29) is 35.9 Å². The normalized spacial score (nSPS) is 25.2. The van der Waals surface area contributed by atoms with Gasteiger partial charge in [0, 0.05) is 40.1 Å². The van der Waals surface area contributed by atoms with Crippen LogP contribution in [0.15, 0.2) is 48.0 Å². The van der Waals surface area contributed by atoms with Crippen LogP contribution in [0.25, 0.3) is 0 Å². The van der Waals surface area contributed by atoms with E-state index in [0.29, 0.717) is 21.5 Å². The van der Waals surface area contributed by atoms with Crippen LogP contribution >= 0.6 is 23.2 Å². The van der Waals surface area contributed by atoms with Crippen LogP contribution in [0, 0.1) is 0 Å². The first-order valence-corrected chi connectivity index (χ1v) is 14.3. The second-order valence-electron chi connectivity index (χ2n) is 10.8. The van der Waals surface area contributed by atoms with Crippen LogP contribution in [-0.4, -0.2) is 42.6 Å². The molecule has 1 amide bonds. The number of nitrogens with one attached hydrogen (secondary N) is 1. The second-order valence-corrected chi connectivity index (χ2v) is 11.6. The topological polar surface area (TPSA) is 38.3 Å². The van der Waals surface area contributed by atoms with Gasteiger partial charge in [0.25, 0.3) is 0 Å². The molecule has 7 heteroatoms. The minimum Gasteiger partial charge on any atom is -1.00 e. The van der Waals surface area contributed by atoms with E-state index < -0.39 is 5.92 Å². The van der Waals surface area contributed by atoms with E-state index in [4.69, 9.17) is 27.9 Å². The van der Waals surface area contributed by atoms with Gasteiger partial charge < -0.3 is 38.5 Å². The highest BCUT2D eigenvalue weighted by molar-refractivity contribution is 6.31. The molecule has 2 aromatic rings. The lowest BCUT2D eigenvalue weighted by molar-refractivity contribution is -0.927. The van der Waals surface area contributed by atoms with Gasteiger partial charge >= 0.3 is 0 Å². The van der Waals surface area contributed by atoms with Gasteiger partial charge in [-0.25, -0.2) is 0 Å². The molecule has 0 saturated carbocycles. The van der Waals surface area contributed by atoms with Gasteiger partial charge in [-0.2, -0.15) is 0 Å². The van der Waals surface area contributed by atoms with Crippen molar-refractivity contribution in [3.8, 4) is 11.5 Å². The van der Waals surface area contributed by atoms with E-state index in [2.05, 4.69) is 18.3 Å². The Labute approximate surface area is 248 Å². The number of likely N-dealkylation sites (N-methyl/N-ethyl adjacent to an activating group) is 1. The largest absolute Gasteiger partial charge is 1.00 e. The zero-order valence-electron chi connectivity index (χ0n) is 21.6. The van der Waals surface area contributed by atoms with Gasteiger partial charge in [-0.15, -0.1) is 0 Å². The quantitative estimate of drug-likeness (QED) is 0.290. The van der Waals surface area contributed by atoms with Gasteiger partial charge in [0.2, 0.25) is 5.91 Å². The first-order chi connectivity index (χ1) is 17.5. The summed E-state index contributed by atoms with van der Waals surface area (Å²) in [5.41, 5.74) is 3.24. The molecule has 3 aliphatic rings. The molecule has 1 aliphatic carbocycles. The molecule has 2 aliphatic heterocycles. The summed E-state index contributed by atoms with van der Waals surface area (Å²) in [7, 11) is 0. The number of carbonyl (C=O) groups excluding carboxylic acids is 1. The Morgan fingerprint density at radius 2 is 1.59 bits per heavy atom. The second kappa shape index (κ2) is 12.7. The Kier molecular flexibility index (Phi) is 9.87. The van der Waals surface area contributed by atoms with Crippen LogP contribution in [0.2, 0.25) is 10.0 Å². The summed E-state index contributed by atoms with van der Waals surface area (Å²) in [6.07, 6.45) is 12.4. The molecule has 37 heavy (non-hydrogen) atoms. The third-order valence-corrected chi connectivity index (χ3v) is 8.86. The van der Waals surface area contributed by atoms with Gasteiger partial charge in [0.05, 0.1) is 25.6 Å². The summed E-state index contributed by atoms with van der Waals surface area (Å²) < 4.78 is 7.23. The molecule has 0 bridgehead atoms. The number of halogens is 3. The highest BCUT2D eigenvalue weighted by atomic mass is 127. The van der Waals surface area contributed by atoms with Crippen molar-refractivity contribution in [3.63, 3.8) is 0 Å². The zero-order chi connectivity index (χ0) is 25.1. The van der Waals surface area contributed by atoms with Crippen molar-refractivity contribution < 1.29 is 38.0 Å². The van der Waals surface area contributed by atoms with Crippen molar-refractivity contribution in [1.29, 1.82) is 0 Å². The van der Waals surface area contributed by atoms with Crippen molar-refractivity contribution >= 4 is 29.1 Å².